The van der Waals surface area contributed by atoms with Gasteiger partial charge in [-0.25, -0.2) is 8.42 Å². The van der Waals surface area contributed by atoms with E-state index in [-0.39, 0.29) is 12.9 Å². The molecule has 11 heteroatoms. The van der Waals surface area contributed by atoms with E-state index in [0.717, 1.165) is 37.7 Å². The van der Waals surface area contributed by atoms with Gasteiger partial charge >= 0.3 is 0 Å². The highest BCUT2D eigenvalue weighted by Gasteiger charge is 2.26. The average Bonchev–Trinajstić information content (AvgIpc) is 2.89. The Morgan fingerprint density at radius 2 is 1.51 bits per heavy atom. The van der Waals surface area contributed by atoms with Crippen LogP contribution in [0.4, 0.5) is 11.4 Å². The Labute approximate surface area is 213 Å². The zero-order valence-corrected chi connectivity index (χ0v) is 20.8. The van der Waals surface area contributed by atoms with E-state index in [0.29, 0.717) is 31.9 Å². The van der Waals surface area contributed by atoms with Crippen molar-refractivity contribution in [1.82, 2.24) is 9.62 Å². The Kier molecular flexibility index (Phi) is 8.47. The number of ether oxygens (including phenoxy) is 2. The Balaban J connectivity index is 0.00000241. The van der Waals surface area contributed by atoms with Crippen molar-refractivity contribution in [3.63, 3.8) is 0 Å². The summed E-state index contributed by atoms with van der Waals surface area (Å²) in [6, 6.07) is 14.2. The summed E-state index contributed by atoms with van der Waals surface area (Å²) >= 11 is 5.24. The van der Waals surface area contributed by atoms with Crippen molar-refractivity contribution in [2.75, 3.05) is 62.8 Å². The number of benzene rings is 2. The molecule has 0 aliphatic carbocycles. The minimum Gasteiger partial charge on any atom is -0.379 e. The second-order valence-corrected chi connectivity index (χ2v) is 10.4. The molecule has 35 heavy (non-hydrogen) atoms. The van der Waals surface area contributed by atoms with Gasteiger partial charge < -0.3 is 19.7 Å². The van der Waals surface area contributed by atoms with Crippen LogP contribution in [-0.2, 0) is 24.3 Å². The number of carbonyl (C=O) groups excluding carboxylic acids is 1. The van der Waals surface area contributed by atoms with E-state index in [4.69, 9.17) is 21.7 Å². The van der Waals surface area contributed by atoms with Crippen LogP contribution in [-0.4, -0.2) is 76.3 Å². The van der Waals surface area contributed by atoms with Crippen LogP contribution in [0.5, 0.6) is 0 Å². The Morgan fingerprint density at radius 1 is 0.914 bits per heavy atom. The molecule has 0 unspecified atom stereocenters. The Hall–Kier alpha value is -2.83. The van der Waals surface area contributed by atoms with Crippen molar-refractivity contribution in [2.45, 2.75) is 4.90 Å². The molecule has 2 fully saturated rings. The van der Waals surface area contributed by atoms with Gasteiger partial charge in [0.1, 0.15) is 0 Å². The van der Waals surface area contributed by atoms with E-state index >= 15 is 0 Å². The number of hydrogen-bond donors (Lipinski definition) is 2. The van der Waals surface area contributed by atoms with Crippen LogP contribution < -0.4 is 15.5 Å². The molecule has 1 amide bonds. The number of amides is 1. The van der Waals surface area contributed by atoms with Gasteiger partial charge in [-0.1, -0.05) is 12.1 Å². The van der Waals surface area contributed by atoms with E-state index in [1.165, 1.54) is 22.5 Å². The molecule has 2 N–H and O–H groups in total. The summed E-state index contributed by atoms with van der Waals surface area (Å²) in [6.45, 7) is 4.64. The van der Waals surface area contributed by atoms with Crippen molar-refractivity contribution in [1.29, 1.82) is 0 Å². The summed E-state index contributed by atoms with van der Waals surface area (Å²) < 4.78 is 37.4. The predicted octanol–water partition coefficient (Wildman–Crippen LogP) is 2.56. The quantitative estimate of drug-likeness (QED) is 0.443. The first kappa shape index (κ1) is 25.3. The molecule has 2 saturated heterocycles. The van der Waals surface area contributed by atoms with E-state index in [2.05, 4.69) is 15.5 Å². The normalized spacial score (nSPS) is 17.3. The first-order valence-electron chi connectivity index (χ1n) is 11.3. The molecule has 2 aliphatic heterocycles. The van der Waals surface area contributed by atoms with Crippen molar-refractivity contribution in [3.8, 4) is 0 Å². The fraction of sp³-hybridized carbons (Fsp3) is 0.333. The van der Waals surface area contributed by atoms with Crippen molar-refractivity contribution in [3.05, 3.63) is 60.2 Å². The largest absolute Gasteiger partial charge is 0.379 e. The van der Waals surface area contributed by atoms with Crippen LogP contribution >= 0.6 is 12.2 Å². The Bertz CT molecular complexity index is 1170. The van der Waals surface area contributed by atoms with Gasteiger partial charge in [0.25, 0.3) is 0 Å². The topological polar surface area (TPSA) is 100 Å². The van der Waals surface area contributed by atoms with Crippen LogP contribution in [0.2, 0.25) is 0 Å². The maximum absolute atomic E-state index is 12.7. The predicted molar refractivity (Wildman–Crippen MR) is 143 cm³/mol. The van der Waals surface area contributed by atoms with Gasteiger partial charge in [0.05, 0.1) is 31.3 Å². The van der Waals surface area contributed by atoms with E-state index in [9.17, 15) is 13.2 Å². The van der Waals surface area contributed by atoms with E-state index < -0.39 is 15.9 Å². The minimum absolute atomic E-state index is 0. The lowest BCUT2D eigenvalue weighted by Crippen LogP contribution is -2.40. The van der Waals surface area contributed by atoms with Gasteiger partial charge in [0.2, 0.25) is 15.9 Å². The van der Waals surface area contributed by atoms with Gasteiger partial charge in [-0.2, -0.15) is 4.31 Å². The van der Waals surface area contributed by atoms with Gasteiger partial charge in [0, 0.05) is 46.5 Å². The summed E-state index contributed by atoms with van der Waals surface area (Å²) in [4.78, 5) is 14.7. The third-order valence-electron chi connectivity index (χ3n) is 5.65. The molecule has 0 aromatic heterocycles. The van der Waals surface area contributed by atoms with Crippen molar-refractivity contribution < 1.29 is 25.5 Å². The van der Waals surface area contributed by atoms with Crippen LogP contribution in [0.25, 0.3) is 6.08 Å². The number of rotatable bonds is 6. The fourth-order valence-corrected chi connectivity index (χ4v) is 5.38. The maximum Gasteiger partial charge on any atom is 0.250 e. The standard InChI is InChI=1S/C24H28N4O5S2.2H2/c29-23(26-24(34)25-20-4-6-21(7-5-20)27-11-15-32-16-12-27)10-3-19-1-8-22(9-2-19)35(30,31)28-13-17-33-18-14-28;;/h1-10H,11-18H2,(H2,25,26,29,34);2*1H/b10-3+;;. The molecular formula is C24H32N4O5S2. The number of nitrogens with one attached hydrogen (secondary N) is 2. The van der Waals surface area contributed by atoms with Crippen LogP contribution in [0, 0.1) is 0 Å². The fourth-order valence-electron chi connectivity index (χ4n) is 3.75. The first-order valence-corrected chi connectivity index (χ1v) is 13.2. The zero-order valence-electron chi connectivity index (χ0n) is 19.2. The average molecular weight is 521 g/mol. The molecule has 2 aliphatic rings. The molecule has 190 valence electrons. The summed E-state index contributed by atoms with van der Waals surface area (Å²) in [7, 11) is -3.55. The molecule has 0 radical (unpaired) electrons. The number of thiocarbonyl (C=S) groups is 1. The van der Waals surface area contributed by atoms with Gasteiger partial charge in [0.15, 0.2) is 5.11 Å². The third kappa shape index (κ3) is 6.86. The third-order valence-corrected chi connectivity index (χ3v) is 7.77. The molecule has 0 saturated carbocycles. The Morgan fingerprint density at radius 3 is 2.14 bits per heavy atom. The van der Waals surface area contributed by atoms with Gasteiger partial charge in [-0.05, 0) is 60.3 Å². The highest BCUT2D eigenvalue weighted by atomic mass is 32.2. The van der Waals surface area contributed by atoms with Gasteiger partial charge in [-0.15, -0.1) is 0 Å². The zero-order chi connectivity index (χ0) is 24.7. The molecule has 0 spiro atoms. The van der Waals surface area contributed by atoms with Gasteiger partial charge in [-0.3, -0.25) is 10.1 Å². The van der Waals surface area contributed by atoms with E-state index in [1.54, 1.807) is 18.2 Å². The lowest BCUT2D eigenvalue weighted by molar-refractivity contribution is -0.115. The van der Waals surface area contributed by atoms with Crippen LogP contribution in [0.15, 0.2) is 59.5 Å². The molecule has 2 heterocycles. The number of nitrogens with zero attached hydrogens (tertiary/aromatic N) is 2. The van der Waals surface area contributed by atoms with E-state index in [1.807, 2.05) is 24.3 Å². The number of morpholine rings is 2. The SMILES string of the molecule is O=C(/C=C/c1ccc(S(=O)(=O)N2CCOCC2)cc1)NC(=S)Nc1ccc(N2CCOCC2)cc1.[HH].[HH]. The van der Waals surface area contributed by atoms with Crippen LogP contribution in [0.3, 0.4) is 0 Å². The number of hydrogen-bond acceptors (Lipinski definition) is 7. The van der Waals surface area contributed by atoms with Crippen LogP contribution in [0.1, 0.15) is 8.42 Å². The molecule has 9 nitrogen and oxygen atoms in total. The monoisotopic (exact) mass is 520 g/mol. The smallest absolute Gasteiger partial charge is 0.250 e. The summed E-state index contributed by atoms with van der Waals surface area (Å²) in [6.07, 6.45) is 2.95. The highest BCUT2D eigenvalue weighted by molar-refractivity contribution is 7.89. The first-order chi connectivity index (χ1) is 16.9. The number of carbonyl (C=O) groups is 1. The minimum atomic E-state index is -3.55. The maximum atomic E-state index is 12.7. The summed E-state index contributed by atoms with van der Waals surface area (Å²) in [5, 5.41) is 5.79. The molecular weight excluding hydrogens is 488 g/mol. The summed E-state index contributed by atoms with van der Waals surface area (Å²) in [5.41, 5.74) is 2.58. The lowest BCUT2D eigenvalue weighted by atomic mass is 10.2. The summed E-state index contributed by atoms with van der Waals surface area (Å²) in [5.74, 6) is -0.391. The molecule has 2 aromatic carbocycles. The molecule has 0 bridgehead atoms. The number of anilines is 2. The second kappa shape index (κ2) is 11.7. The van der Waals surface area contributed by atoms with Crippen molar-refractivity contribution >= 4 is 50.7 Å². The molecule has 4 rings (SSSR count). The highest BCUT2D eigenvalue weighted by Crippen LogP contribution is 2.20. The number of sulfonamides is 1. The lowest BCUT2D eigenvalue weighted by Gasteiger charge is -2.28. The second-order valence-electron chi connectivity index (χ2n) is 8.01. The van der Waals surface area contributed by atoms with Crippen molar-refractivity contribution in [2.24, 2.45) is 0 Å². The molecule has 2 aromatic rings. The molecule has 0 atom stereocenters.